The summed E-state index contributed by atoms with van der Waals surface area (Å²) >= 11 is 12.3. The minimum atomic E-state index is -0.457. The first-order chi connectivity index (χ1) is 15.3. The molecule has 2 aromatic carbocycles. The number of amides is 3. The molecule has 3 aliphatic heterocycles. The van der Waals surface area contributed by atoms with Crippen LogP contribution in [0, 0.1) is 6.92 Å². The predicted octanol–water partition coefficient (Wildman–Crippen LogP) is 3.49. The van der Waals surface area contributed by atoms with E-state index in [0.29, 0.717) is 15.6 Å². The third kappa shape index (κ3) is 3.53. The van der Waals surface area contributed by atoms with Gasteiger partial charge in [0.2, 0.25) is 0 Å². The number of nitrogens with zero attached hydrogens (tertiary/aromatic N) is 4. The standard InChI is InChI=1S/C23H25Cl2N5O2/c1-14-5-3-6-17(11-14)28-9-4-10-29-19-20(26-22(28)29)27(2)23(32)30(21(19)31)13-15-7-8-16(24)12-18(15)25/h3,5-8,11-12,19-20,22,26H,4,9-10,13H2,1-2H3. The SMILES string of the molecule is Cc1cccc(N2CCCN3C4C(=O)N(Cc5ccc(Cl)cc5Cl)C(=O)N(C)C4NC23)c1. The summed E-state index contributed by atoms with van der Waals surface area (Å²) in [5.74, 6) is -0.204. The second kappa shape index (κ2) is 8.23. The first kappa shape index (κ1) is 21.5. The third-order valence-electron chi connectivity index (χ3n) is 6.55. The first-order valence-electron chi connectivity index (χ1n) is 10.7. The lowest BCUT2D eigenvalue weighted by atomic mass is 10.1. The lowest BCUT2D eigenvalue weighted by Crippen LogP contribution is -2.66. The van der Waals surface area contributed by atoms with Gasteiger partial charge in [-0.15, -0.1) is 0 Å². The summed E-state index contributed by atoms with van der Waals surface area (Å²) in [6.07, 6.45) is 0.393. The molecule has 32 heavy (non-hydrogen) atoms. The Labute approximate surface area is 197 Å². The zero-order valence-corrected chi connectivity index (χ0v) is 19.5. The summed E-state index contributed by atoms with van der Waals surface area (Å²) in [6.45, 7) is 3.85. The molecule has 3 amide bonds. The molecule has 2 aromatic rings. The number of fused-ring (bicyclic) bond motifs is 3. The largest absolute Gasteiger partial charge is 0.343 e. The second-order valence-electron chi connectivity index (χ2n) is 8.61. The van der Waals surface area contributed by atoms with Crippen molar-refractivity contribution < 1.29 is 9.59 Å². The van der Waals surface area contributed by atoms with Crippen molar-refractivity contribution in [2.75, 3.05) is 25.0 Å². The number of hydrogen-bond donors (Lipinski definition) is 1. The van der Waals surface area contributed by atoms with Crippen LogP contribution in [0.4, 0.5) is 10.5 Å². The highest BCUT2D eigenvalue weighted by molar-refractivity contribution is 6.35. The van der Waals surface area contributed by atoms with Crippen LogP contribution in [-0.4, -0.2) is 65.3 Å². The van der Waals surface area contributed by atoms with Crippen molar-refractivity contribution >= 4 is 40.8 Å². The summed E-state index contributed by atoms with van der Waals surface area (Å²) in [4.78, 5) is 34.1. The first-order valence-corrected chi connectivity index (χ1v) is 11.5. The van der Waals surface area contributed by atoms with Crippen molar-refractivity contribution in [2.24, 2.45) is 0 Å². The minimum absolute atomic E-state index is 0.112. The molecule has 168 valence electrons. The molecule has 3 fully saturated rings. The highest BCUT2D eigenvalue weighted by atomic mass is 35.5. The Balaban J connectivity index is 1.44. The Morgan fingerprint density at radius 2 is 1.91 bits per heavy atom. The summed E-state index contributed by atoms with van der Waals surface area (Å²) in [6, 6.07) is 12.7. The second-order valence-corrected chi connectivity index (χ2v) is 9.45. The third-order valence-corrected chi connectivity index (χ3v) is 7.13. The summed E-state index contributed by atoms with van der Waals surface area (Å²) in [5.41, 5.74) is 2.98. The maximum atomic E-state index is 13.6. The zero-order chi connectivity index (χ0) is 22.6. The Hall–Kier alpha value is -2.32. The van der Waals surface area contributed by atoms with E-state index in [1.54, 1.807) is 30.1 Å². The maximum absolute atomic E-state index is 13.6. The fourth-order valence-electron chi connectivity index (χ4n) is 4.96. The van der Waals surface area contributed by atoms with Crippen LogP contribution in [0.1, 0.15) is 17.5 Å². The van der Waals surface area contributed by atoms with Gasteiger partial charge in [0.25, 0.3) is 5.91 Å². The molecule has 0 saturated carbocycles. The van der Waals surface area contributed by atoms with Gasteiger partial charge in [-0.1, -0.05) is 41.4 Å². The molecule has 1 N–H and O–H groups in total. The predicted molar refractivity (Wildman–Crippen MR) is 125 cm³/mol. The fraction of sp³-hybridized carbons (Fsp3) is 0.391. The van der Waals surface area contributed by atoms with E-state index in [2.05, 4.69) is 40.2 Å². The summed E-state index contributed by atoms with van der Waals surface area (Å²) < 4.78 is 0. The number of aryl methyl sites for hydroxylation is 1. The van der Waals surface area contributed by atoms with Crippen molar-refractivity contribution in [3.63, 3.8) is 0 Å². The number of benzene rings is 2. The van der Waals surface area contributed by atoms with Gasteiger partial charge >= 0.3 is 6.03 Å². The summed E-state index contributed by atoms with van der Waals surface area (Å²) in [7, 11) is 1.74. The molecule has 0 aromatic heterocycles. The number of imide groups is 1. The Bertz CT molecular complexity index is 1080. The quantitative estimate of drug-likeness (QED) is 0.739. The van der Waals surface area contributed by atoms with E-state index in [9.17, 15) is 9.59 Å². The molecule has 0 spiro atoms. The van der Waals surface area contributed by atoms with Gasteiger partial charge in [0.05, 0.1) is 6.54 Å². The van der Waals surface area contributed by atoms with Crippen LogP contribution in [0.15, 0.2) is 42.5 Å². The summed E-state index contributed by atoms with van der Waals surface area (Å²) in [5, 5.41) is 4.49. The zero-order valence-electron chi connectivity index (χ0n) is 18.0. The van der Waals surface area contributed by atoms with Crippen molar-refractivity contribution in [1.29, 1.82) is 0 Å². The molecule has 3 saturated heterocycles. The van der Waals surface area contributed by atoms with Crippen molar-refractivity contribution in [3.8, 4) is 0 Å². The monoisotopic (exact) mass is 473 g/mol. The average Bonchev–Trinajstić information content (AvgIpc) is 3.16. The molecule has 0 radical (unpaired) electrons. The molecule has 7 nitrogen and oxygen atoms in total. The number of rotatable bonds is 3. The molecule has 9 heteroatoms. The van der Waals surface area contributed by atoms with Crippen LogP contribution in [0.2, 0.25) is 10.0 Å². The van der Waals surface area contributed by atoms with Gasteiger partial charge in [-0.2, -0.15) is 0 Å². The van der Waals surface area contributed by atoms with Gasteiger partial charge in [0.15, 0.2) is 0 Å². The van der Waals surface area contributed by atoms with Gasteiger partial charge in [0.1, 0.15) is 18.5 Å². The van der Waals surface area contributed by atoms with E-state index in [1.807, 2.05) is 6.07 Å². The highest BCUT2D eigenvalue weighted by Gasteiger charge is 2.56. The maximum Gasteiger partial charge on any atom is 0.328 e. The lowest BCUT2D eigenvalue weighted by Gasteiger charge is -2.44. The van der Waals surface area contributed by atoms with E-state index >= 15 is 0 Å². The van der Waals surface area contributed by atoms with Crippen LogP contribution < -0.4 is 10.2 Å². The molecule has 3 aliphatic rings. The van der Waals surface area contributed by atoms with Crippen LogP contribution in [0.25, 0.3) is 0 Å². The number of halogens is 2. The van der Waals surface area contributed by atoms with E-state index in [4.69, 9.17) is 23.2 Å². The number of anilines is 1. The highest BCUT2D eigenvalue weighted by Crippen LogP contribution is 2.34. The molecule has 3 heterocycles. The number of carbonyl (C=O) groups is 2. The topological polar surface area (TPSA) is 59.1 Å². The van der Waals surface area contributed by atoms with Gasteiger partial charge in [-0.05, 0) is 48.7 Å². The van der Waals surface area contributed by atoms with Gasteiger partial charge in [-0.25, -0.2) is 4.79 Å². The van der Waals surface area contributed by atoms with Gasteiger partial charge in [-0.3, -0.25) is 19.9 Å². The van der Waals surface area contributed by atoms with Crippen molar-refractivity contribution in [1.82, 2.24) is 20.0 Å². The molecular formula is C23H25Cl2N5O2. The van der Waals surface area contributed by atoms with Crippen LogP contribution in [0.3, 0.4) is 0 Å². The smallest absolute Gasteiger partial charge is 0.328 e. The number of carbonyl (C=O) groups excluding carboxylic acids is 2. The Morgan fingerprint density at radius 1 is 1.09 bits per heavy atom. The molecule has 5 rings (SSSR count). The van der Waals surface area contributed by atoms with E-state index in [0.717, 1.165) is 25.2 Å². The molecular weight excluding hydrogens is 449 g/mol. The Kier molecular flexibility index (Phi) is 5.53. The minimum Gasteiger partial charge on any atom is -0.343 e. The normalized spacial score (nSPS) is 25.9. The van der Waals surface area contributed by atoms with Crippen LogP contribution in [-0.2, 0) is 11.3 Å². The molecule has 3 atom stereocenters. The number of likely N-dealkylation sites (N-methyl/N-ethyl adjacent to an activating group) is 1. The number of urea groups is 1. The number of hydrogen-bond acceptors (Lipinski definition) is 5. The van der Waals surface area contributed by atoms with Crippen LogP contribution >= 0.6 is 23.2 Å². The molecule has 0 bridgehead atoms. The van der Waals surface area contributed by atoms with Gasteiger partial charge in [0, 0.05) is 35.9 Å². The Morgan fingerprint density at radius 3 is 2.66 bits per heavy atom. The lowest BCUT2D eigenvalue weighted by molar-refractivity contribution is -0.139. The van der Waals surface area contributed by atoms with E-state index < -0.39 is 6.04 Å². The van der Waals surface area contributed by atoms with Crippen molar-refractivity contribution in [3.05, 3.63) is 63.6 Å². The van der Waals surface area contributed by atoms with Gasteiger partial charge < -0.3 is 9.80 Å². The number of nitrogens with one attached hydrogen (secondary N) is 1. The fourth-order valence-corrected chi connectivity index (χ4v) is 5.42. The van der Waals surface area contributed by atoms with E-state index in [-0.39, 0.29) is 30.9 Å². The van der Waals surface area contributed by atoms with Crippen molar-refractivity contribution in [2.45, 2.75) is 38.4 Å². The average molecular weight is 474 g/mol. The molecule has 0 aliphatic carbocycles. The van der Waals surface area contributed by atoms with E-state index in [1.165, 1.54) is 10.5 Å². The van der Waals surface area contributed by atoms with Crippen LogP contribution in [0.5, 0.6) is 0 Å². The molecule has 3 unspecified atom stereocenters.